The van der Waals surface area contributed by atoms with Crippen molar-refractivity contribution in [2.45, 2.75) is 51.6 Å². The summed E-state index contributed by atoms with van der Waals surface area (Å²) in [6.07, 6.45) is 7.25. The van der Waals surface area contributed by atoms with E-state index in [4.69, 9.17) is 9.97 Å². The molecule has 29 heavy (non-hydrogen) atoms. The number of fused-ring (bicyclic) bond motifs is 1. The van der Waals surface area contributed by atoms with Crippen molar-refractivity contribution in [3.8, 4) is 0 Å². The van der Waals surface area contributed by atoms with Crippen molar-refractivity contribution in [3.63, 3.8) is 0 Å². The lowest BCUT2D eigenvalue weighted by molar-refractivity contribution is 0.243. The Morgan fingerprint density at radius 3 is 2.24 bits per heavy atom. The van der Waals surface area contributed by atoms with Crippen molar-refractivity contribution in [2.24, 2.45) is 0 Å². The third-order valence-corrected chi connectivity index (χ3v) is 6.47. The summed E-state index contributed by atoms with van der Waals surface area (Å²) in [5.41, 5.74) is 3.70. The molecule has 6 heteroatoms. The van der Waals surface area contributed by atoms with Gasteiger partial charge in [0.2, 0.25) is 5.95 Å². The molecule has 0 unspecified atom stereocenters. The summed E-state index contributed by atoms with van der Waals surface area (Å²) in [5, 5.41) is 0. The van der Waals surface area contributed by atoms with Gasteiger partial charge in [-0.1, -0.05) is 12.1 Å². The topological polar surface area (TPSA) is 35.5 Å². The van der Waals surface area contributed by atoms with Crippen LogP contribution < -0.4 is 9.80 Å². The molecule has 5 rings (SSSR count). The van der Waals surface area contributed by atoms with Gasteiger partial charge in [-0.2, -0.15) is 4.98 Å². The fraction of sp³-hybridized carbons (Fsp3) is 0.565. The SMILES string of the molecule is Fc1ccc(CN2CCc3nc(N4CCCCC4)nc(N4CCCC4)c3C2)cc1. The van der Waals surface area contributed by atoms with Crippen LogP contribution in [0.4, 0.5) is 16.2 Å². The molecule has 2 saturated heterocycles. The Kier molecular flexibility index (Phi) is 5.36. The fourth-order valence-corrected chi connectivity index (χ4v) is 4.85. The Bertz CT molecular complexity index is 841. The second kappa shape index (κ2) is 8.27. The molecule has 0 spiro atoms. The van der Waals surface area contributed by atoms with Gasteiger partial charge in [0, 0.05) is 57.8 Å². The second-order valence-electron chi connectivity index (χ2n) is 8.60. The molecule has 1 aromatic carbocycles. The Hall–Kier alpha value is -2.21. The van der Waals surface area contributed by atoms with Crippen molar-refractivity contribution in [1.29, 1.82) is 0 Å². The van der Waals surface area contributed by atoms with E-state index in [0.717, 1.165) is 69.6 Å². The van der Waals surface area contributed by atoms with Crippen LogP contribution in [0.1, 0.15) is 48.9 Å². The first kappa shape index (κ1) is 18.8. The maximum atomic E-state index is 13.2. The van der Waals surface area contributed by atoms with Gasteiger partial charge in [0.25, 0.3) is 0 Å². The molecular weight excluding hydrogens is 365 g/mol. The summed E-state index contributed by atoms with van der Waals surface area (Å²) in [5.74, 6) is 1.93. The largest absolute Gasteiger partial charge is 0.356 e. The van der Waals surface area contributed by atoms with Gasteiger partial charge in [0.1, 0.15) is 11.6 Å². The fourth-order valence-electron chi connectivity index (χ4n) is 4.85. The average molecular weight is 396 g/mol. The van der Waals surface area contributed by atoms with E-state index in [1.54, 1.807) is 12.1 Å². The van der Waals surface area contributed by atoms with Crippen molar-refractivity contribution in [1.82, 2.24) is 14.9 Å². The highest BCUT2D eigenvalue weighted by molar-refractivity contribution is 5.55. The van der Waals surface area contributed by atoms with Crippen molar-refractivity contribution in [2.75, 3.05) is 42.5 Å². The normalized spacial score (nSPS) is 20.2. The Labute approximate surface area is 172 Å². The van der Waals surface area contributed by atoms with E-state index in [0.29, 0.717) is 0 Å². The lowest BCUT2D eigenvalue weighted by Crippen LogP contribution is -2.36. The minimum absolute atomic E-state index is 0.173. The van der Waals surface area contributed by atoms with E-state index in [9.17, 15) is 4.39 Å². The molecule has 0 N–H and O–H groups in total. The maximum absolute atomic E-state index is 13.2. The molecule has 0 bridgehead atoms. The molecule has 3 aliphatic rings. The minimum atomic E-state index is -0.173. The van der Waals surface area contributed by atoms with Crippen LogP contribution in [-0.2, 0) is 19.5 Å². The van der Waals surface area contributed by atoms with Crippen LogP contribution in [-0.4, -0.2) is 47.6 Å². The number of benzene rings is 1. The molecule has 4 heterocycles. The minimum Gasteiger partial charge on any atom is -0.356 e. The Morgan fingerprint density at radius 2 is 1.48 bits per heavy atom. The lowest BCUT2D eigenvalue weighted by Gasteiger charge is -2.34. The van der Waals surface area contributed by atoms with Gasteiger partial charge in [-0.15, -0.1) is 0 Å². The van der Waals surface area contributed by atoms with Crippen LogP contribution in [0, 0.1) is 5.82 Å². The van der Waals surface area contributed by atoms with Gasteiger partial charge in [-0.25, -0.2) is 9.37 Å². The molecule has 2 fully saturated rings. The third-order valence-electron chi connectivity index (χ3n) is 6.47. The van der Waals surface area contributed by atoms with Gasteiger partial charge in [0.05, 0.1) is 5.69 Å². The average Bonchev–Trinajstić information content (AvgIpc) is 3.30. The summed E-state index contributed by atoms with van der Waals surface area (Å²) in [6, 6.07) is 6.89. The van der Waals surface area contributed by atoms with E-state index in [2.05, 4.69) is 14.7 Å². The third kappa shape index (κ3) is 4.08. The zero-order valence-corrected chi connectivity index (χ0v) is 17.1. The molecule has 0 atom stereocenters. The van der Waals surface area contributed by atoms with Crippen LogP contribution in [0.3, 0.4) is 0 Å². The quantitative estimate of drug-likeness (QED) is 0.788. The molecule has 0 amide bonds. The number of nitrogens with zero attached hydrogens (tertiary/aromatic N) is 5. The van der Waals surface area contributed by atoms with Crippen molar-refractivity contribution >= 4 is 11.8 Å². The van der Waals surface area contributed by atoms with Crippen LogP contribution in [0.5, 0.6) is 0 Å². The summed E-state index contributed by atoms with van der Waals surface area (Å²) in [7, 11) is 0. The van der Waals surface area contributed by atoms with E-state index < -0.39 is 0 Å². The Morgan fingerprint density at radius 1 is 0.793 bits per heavy atom. The number of rotatable bonds is 4. The molecule has 5 nitrogen and oxygen atoms in total. The van der Waals surface area contributed by atoms with Crippen LogP contribution in [0.2, 0.25) is 0 Å². The molecule has 3 aliphatic heterocycles. The summed E-state index contributed by atoms with van der Waals surface area (Å²) >= 11 is 0. The molecular formula is C23H30FN5. The van der Waals surface area contributed by atoms with Crippen molar-refractivity contribution < 1.29 is 4.39 Å². The Balaban J connectivity index is 1.42. The summed E-state index contributed by atoms with van der Waals surface area (Å²) < 4.78 is 13.2. The molecule has 154 valence electrons. The summed E-state index contributed by atoms with van der Waals surface area (Å²) in [4.78, 5) is 17.4. The van der Waals surface area contributed by atoms with Crippen LogP contribution >= 0.6 is 0 Å². The highest BCUT2D eigenvalue weighted by Gasteiger charge is 2.28. The molecule has 0 aliphatic carbocycles. The molecule has 0 saturated carbocycles. The zero-order valence-electron chi connectivity index (χ0n) is 17.1. The van der Waals surface area contributed by atoms with Gasteiger partial charge in [-0.3, -0.25) is 4.90 Å². The maximum Gasteiger partial charge on any atom is 0.227 e. The van der Waals surface area contributed by atoms with E-state index in [-0.39, 0.29) is 5.82 Å². The number of halogens is 1. The van der Waals surface area contributed by atoms with Gasteiger partial charge in [-0.05, 0) is 49.8 Å². The number of hydrogen-bond acceptors (Lipinski definition) is 5. The van der Waals surface area contributed by atoms with Crippen molar-refractivity contribution in [3.05, 3.63) is 46.9 Å². The predicted molar refractivity (Wildman–Crippen MR) is 114 cm³/mol. The molecule has 1 aromatic heterocycles. The highest BCUT2D eigenvalue weighted by Crippen LogP contribution is 2.32. The summed E-state index contributed by atoms with van der Waals surface area (Å²) in [6.45, 7) is 7.05. The molecule has 2 aromatic rings. The molecule has 0 radical (unpaired) electrons. The standard InChI is InChI=1S/C23H30FN5/c24-19-8-6-18(7-9-19)16-27-15-10-21-20(17-27)22(28-11-4-5-12-28)26-23(25-21)29-13-2-1-3-14-29/h6-9H,1-5,10-17H2. The first-order chi connectivity index (χ1) is 14.3. The number of piperidine rings is 1. The predicted octanol–water partition coefficient (Wildman–Crippen LogP) is 3.76. The number of anilines is 2. The van der Waals surface area contributed by atoms with Gasteiger partial charge >= 0.3 is 0 Å². The van der Waals surface area contributed by atoms with E-state index >= 15 is 0 Å². The van der Waals surface area contributed by atoms with Gasteiger partial charge < -0.3 is 9.80 Å². The number of aromatic nitrogens is 2. The van der Waals surface area contributed by atoms with E-state index in [1.807, 2.05) is 12.1 Å². The van der Waals surface area contributed by atoms with E-state index in [1.165, 1.54) is 43.4 Å². The number of hydrogen-bond donors (Lipinski definition) is 0. The van der Waals surface area contributed by atoms with Gasteiger partial charge in [0.15, 0.2) is 0 Å². The zero-order chi connectivity index (χ0) is 19.6. The van der Waals surface area contributed by atoms with Crippen LogP contribution in [0.25, 0.3) is 0 Å². The first-order valence-corrected chi connectivity index (χ1v) is 11.1. The monoisotopic (exact) mass is 395 g/mol. The second-order valence-corrected chi connectivity index (χ2v) is 8.60. The first-order valence-electron chi connectivity index (χ1n) is 11.1. The van der Waals surface area contributed by atoms with Crippen LogP contribution in [0.15, 0.2) is 24.3 Å². The highest BCUT2D eigenvalue weighted by atomic mass is 19.1. The smallest absolute Gasteiger partial charge is 0.227 e. The lowest BCUT2D eigenvalue weighted by atomic mass is 10.0.